The second-order valence-corrected chi connectivity index (χ2v) is 13.1. The van der Waals surface area contributed by atoms with Gasteiger partial charge in [0.05, 0.1) is 46.3 Å². The molecule has 13 nitrogen and oxygen atoms in total. The summed E-state index contributed by atoms with van der Waals surface area (Å²) in [7, 11) is 0.995. The number of phenols is 3. The van der Waals surface area contributed by atoms with Gasteiger partial charge in [-0.25, -0.2) is 4.79 Å². The molecule has 1 saturated heterocycles. The number of rotatable bonds is 1. The second-order valence-electron chi connectivity index (χ2n) is 12.7. The Kier molecular flexibility index (Phi) is 5.25. The number of carbonyl (C=O) groups is 4. The molecule has 14 heteroatoms. The predicted molar refractivity (Wildman–Crippen MR) is 148 cm³/mol. The van der Waals surface area contributed by atoms with Gasteiger partial charge >= 0.3 is 5.97 Å². The number of ketones is 3. The highest BCUT2D eigenvalue weighted by atomic mass is 35.5. The third kappa shape index (κ3) is 2.87. The zero-order chi connectivity index (χ0) is 32.3. The number of aliphatic hydroxyl groups excluding tert-OH is 3. The number of fused-ring (bicyclic) bond motifs is 3. The van der Waals surface area contributed by atoms with Gasteiger partial charge in [0, 0.05) is 17.9 Å². The molecule has 2 heterocycles. The quantitative estimate of drug-likeness (QED) is 0.110. The summed E-state index contributed by atoms with van der Waals surface area (Å²) in [5.74, 6) is -9.63. The van der Waals surface area contributed by atoms with Crippen molar-refractivity contribution in [3.63, 3.8) is 0 Å². The van der Waals surface area contributed by atoms with Crippen molar-refractivity contribution in [1.82, 2.24) is 0 Å². The summed E-state index contributed by atoms with van der Waals surface area (Å²) in [6, 6.07) is 2.12. The first-order valence-electron chi connectivity index (χ1n) is 14.2. The third-order valence-corrected chi connectivity index (χ3v) is 11.2. The van der Waals surface area contributed by atoms with E-state index in [-0.39, 0.29) is 29.0 Å². The van der Waals surface area contributed by atoms with Crippen LogP contribution in [0.1, 0.15) is 63.1 Å². The van der Waals surface area contributed by atoms with Crippen molar-refractivity contribution in [2.24, 2.45) is 11.3 Å². The van der Waals surface area contributed by atoms with Crippen molar-refractivity contribution in [3.05, 3.63) is 50.5 Å². The maximum Gasteiger partial charge on any atom is 0.358 e. The number of carbonyl (C=O) groups excluding carboxylic acids is 4. The van der Waals surface area contributed by atoms with Gasteiger partial charge in [-0.2, -0.15) is 0 Å². The van der Waals surface area contributed by atoms with Crippen LogP contribution in [0.25, 0.3) is 5.76 Å². The zero-order valence-electron chi connectivity index (χ0n) is 23.6. The zero-order valence-corrected chi connectivity index (χ0v) is 24.3. The normalized spacial score (nSPS) is 36.9. The number of ether oxygens (including phenoxy) is 3. The van der Waals surface area contributed by atoms with Crippen LogP contribution in [0.5, 0.6) is 23.0 Å². The van der Waals surface area contributed by atoms with Crippen LogP contribution in [-0.4, -0.2) is 90.6 Å². The van der Waals surface area contributed by atoms with E-state index in [0.717, 1.165) is 19.2 Å². The van der Waals surface area contributed by atoms with Crippen LogP contribution in [0.3, 0.4) is 0 Å². The fraction of sp³-hybridized carbons (Fsp3) is 0.419. The van der Waals surface area contributed by atoms with Gasteiger partial charge in [-0.05, 0) is 37.5 Å². The first kappa shape index (κ1) is 28.3. The minimum absolute atomic E-state index is 0.0197. The molecule has 2 saturated carbocycles. The molecule has 2 aromatic rings. The van der Waals surface area contributed by atoms with Crippen molar-refractivity contribution >= 4 is 40.7 Å². The molecule has 0 amide bonds. The average molecular weight is 672 g/mol. The molecular weight excluding hydrogens is 647 g/mol. The Labute approximate surface area is 258 Å². The van der Waals surface area contributed by atoms with E-state index in [2.05, 4.69) is 0 Å². The summed E-state index contributed by atoms with van der Waals surface area (Å²) < 4.78 is 17.3. The highest BCUT2D eigenvalue weighted by molar-refractivity contribution is 6.34. The number of aromatic hydroxyl groups is 3. The standard InChI is InChI=1S/C31H25ClO13/c1-29-18-13-8(7-30(27(29)45-29)19(24(18)40)21(37)14-9(33)3-4-10(34)15(14)26(30)41)20(32)23(39)16-22(38)17-11(35)5-6-12(36)31(17,28(42)43-2)44-25(13)16/h3-4,12,18-19,24,27,33-34,36,38-40H,5-7H2,1-2H3/t12?,18-,19?,24?,27+,29+,30+,31+/m1/s1/i1+1,2+1,3+1,4+1,5+1,6+1,7+1,8+1,9+1,10+1,11+1,12+1,13+1,14+1,15+1,16+1,17+1,18+1,19+1,20+1,21+1,22+1,23+1,24+1,25+1,26+1,27+1,28+1,29+1,30+1,31+1. The van der Waals surface area contributed by atoms with Crippen molar-refractivity contribution in [1.29, 1.82) is 0 Å². The minimum atomic E-state index is -2.57. The van der Waals surface area contributed by atoms with Gasteiger partial charge in [0.25, 0.3) is 5.60 Å². The molecule has 7 aliphatic rings. The smallest absolute Gasteiger partial charge is 0.358 e. The van der Waals surface area contributed by atoms with Crippen LogP contribution in [0, 0.1) is 11.3 Å². The lowest BCUT2D eigenvalue weighted by molar-refractivity contribution is -0.169. The van der Waals surface area contributed by atoms with Crippen molar-refractivity contribution < 1.29 is 64.0 Å². The van der Waals surface area contributed by atoms with Gasteiger partial charge in [-0.15, -0.1) is 0 Å². The third-order valence-electron chi connectivity index (χ3n) is 10.8. The summed E-state index contributed by atoms with van der Waals surface area (Å²) >= 11 is 6.76. The van der Waals surface area contributed by atoms with E-state index >= 15 is 0 Å². The Balaban J connectivity index is 1.46. The lowest BCUT2D eigenvalue weighted by atomic mass is 10.5. The number of methoxy groups -OCH3 is 1. The Bertz CT molecular complexity index is 1900. The number of phenolic OH excluding ortho intramolecular Hbond substituents is 3. The summed E-state index contributed by atoms with van der Waals surface area (Å²) in [6.07, 6.45) is -5.40. The molecule has 0 radical (unpaired) electrons. The molecule has 0 aromatic heterocycles. The van der Waals surface area contributed by atoms with Crippen LogP contribution in [0.15, 0.2) is 17.7 Å². The SMILES string of the molecule is [13CH3]O[13C](=O)[13C@@]12O[13c]3[13c]([13c](O)[13c](Cl)[13c]4[13c]3[13C@@H]3[13CH](O)[13CH]5[13C](=O)[13c]6[13c](O)[13cH][13cH][13c](O)[13c]6[13C](=O)[13C@@]5([13CH2]4)[13C@H]4O[13C@@]34[13CH3])[13C](O)=[13C]1[13C](=O)[13CH2][13CH2][13CH]2O. The van der Waals surface area contributed by atoms with Gasteiger partial charge in [0.2, 0.25) is 0 Å². The van der Waals surface area contributed by atoms with Gasteiger partial charge < -0.3 is 44.8 Å². The molecule has 2 bridgehead atoms. The lowest BCUT2D eigenvalue weighted by Gasteiger charge is -2.47. The molecule has 6 N–H and O–H groups in total. The number of Topliss-reactive ketones (excluding diaryl/α,β-unsaturated/α-hetero) is 3. The average Bonchev–Trinajstić information content (AvgIpc) is 3.73. The van der Waals surface area contributed by atoms with E-state index in [1.807, 2.05) is 0 Å². The summed E-state index contributed by atoms with van der Waals surface area (Å²) in [6.45, 7) is 1.58. The van der Waals surface area contributed by atoms with Gasteiger partial charge in [-0.3, -0.25) is 14.4 Å². The van der Waals surface area contributed by atoms with Crippen LogP contribution in [-0.2, 0) is 25.5 Å². The summed E-state index contributed by atoms with van der Waals surface area (Å²) in [5.41, 5.74) is -7.87. The molecule has 45 heavy (non-hydrogen) atoms. The van der Waals surface area contributed by atoms with Crippen molar-refractivity contribution in [3.8, 4) is 23.0 Å². The van der Waals surface area contributed by atoms with Crippen LogP contribution in [0.4, 0.5) is 0 Å². The van der Waals surface area contributed by atoms with Gasteiger partial charge in [0.15, 0.2) is 17.3 Å². The van der Waals surface area contributed by atoms with Gasteiger partial charge in [-0.1, -0.05) is 11.6 Å². The van der Waals surface area contributed by atoms with E-state index in [1.165, 1.54) is 0 Å². The number of aliphatic hydroxyl groups is 3. The number of benzene rings is 2. The first-order chi connectivity index (χ1) is 21.2. The Morgan fingerprint density at radius 3 is 2.36 bits per heavy atom. The topological polar surface area (TPSA) is 221 Å². The van der Waals surface area contributed by atoms with E-state index in [9.17, 15) is 49.8 Å². The summed E-state index contributed by atoms with van der Waals surface area (Å²) in [4.78, 5) is 55.1. The van der Waals surface area contributed by atoms with Crippen LogP contribution < -0.4 is 4.74 Å². The lowest BCUT2D eigenvalue weighted by Crippen LogP contribution is -2.62. The molecular formula is C31H25ClO13. The molecule has 3 fully saturated rings. The largest absolute Gasteiger partial charge is 0.507 e. The fourth-order valence-electron chi connectivity index (χ4n) is 8.89. The predicted octanol–water partition coefficient (Wildman–Crippen LogP) is 1.61. The highest BCUT2D eigenvalue weighted by Crippen LogP contribution is 2.73. The minimum Gasteiger partial charge on any atom is -0.507 e. The maximum absolute atomic E-state index is 14.5. The molecule has 2 aliphatic heterocycles. The Morgan fingerprint density at radius 2 is 1.69 bits per heavy atom. The maximum atomic E-state index is 14.5. The molecule has 3 unspecified atom stereocenters. The number of epoxide rings is 1. The molecule has 5 aliphatic carbocycles. The van der Waals surface area contributed by atoms with Gasteiger partial charge in [0.1, 0.15) is 52.1 Å². The van der Waals surface area contributed by atoms with Crippen molar-refractivity contribution in [2.45, 2.75) is 61.6 Å². The molecule has 8 atom stereocenters. The number of halogens is 1. The van der Waals surface area contributed by atoms with E-state index in [4.69, 9.17) is 25.8 Å². The highest BCUT2D eigenvalue weighted by Gasteiger charge is 2.82. The monoisotopic (exact) mass is 671 g/mol. The first-order valence-corrected chi connectivity index (χ1v) is 14.6. The Hall–Kier alpha value is -4.17. The van der Waals surface area contributed by atoms with E-state index < -0.39 is 128 Å². The Morgan fingerprint density at radius 1 is 1.02 bits per heavy atom. The van der Waals surface area contributed by atoms with Crippen LogP contribution >= 0.6 is 11.6 Å². The number of hydrogen-bond acceptors (Lipinski definition) is 13. The molecule has 234 valence electrons. The molecule has 2 aromatic carbocycles. The fourth-order valence-corrected chi connectivity index (χ4v) is 9.16. The molecule has 1 spiro atoms. The number of hydrogen-bond donors (Lipinski definition) is 6. The summed E-state index contributed by atoms with van der Waals surface area (Å²) in [5, 5.41) is 67.2. The molecule has 9 rings (SSSR count). The van der Waals surface area contributed by atoms with E-state index in [0.29, 0.717) is 0 Å². The second kappa shape index (κ2) is 8.35. The van der Waals surface area contributed by atoms with Crippen LogP contribution in [0.2, 0.25) is 5.02 Å². The van der Waals surface area contributed by atoms with E-state index in [1.54, 1.807) is 6.92 Å². The van der Waals surface area contributed by atoms with Crippen molar-refractivity contribution in [2.75, 3.05) is 7.11 Å². The number of esters is 1.